The fourth-order valence-electron chi connectivity index (χ4n) is 1.37. The van der Waals surface area contributed by atoms with Gasteiger partial charge in [-0.25, -0.2) is 4.98 Å². The number of anilines is 1. The molecule has 15 heavy (non-hydrogen) atoms. The summed E-state index contributed by atoms with van der Waals surface area (Å²) < 4.78 is 0. The molecule has 0 fully saturated rings. The van der Waals surface area contributed by atoms with Crippen LogP contribution in [0.15, 0.2) is 18.3 Å². The fourth-order valence-corrected chi connectivity index (χ4v) is 1.37. The third-order valence-electron chi connectivity index (χ3n) is 2.19. The summed E-state index contributed by atoms with van der Waals surface area (Å²) in [5.41, 5.74) is 1.31. The van der Waals surface area contributed by atoms with Crippen molar-refractivity contribution in [2.75, 3.05) is 11.9 Å². The lowest BCUT2D eigenvalue weighted by molar-refractivity contribution is 0.567. The van der Waals surface area contributed by atoms with E-state index in [0.717, 1.165) is 24.6 Å². The van der Waals surface area contributed by atoms with Gasteiger partial charge in [-0.1, -0.05) is 13.8 Å². The zero-order chi connectivity index (χ0) is 11.1. The molecule has 1 aromatic heterocycles. The van der Waals surface area contributed by atoms with Gasteiger partial charge in [-0.2, -0.15) is 5.26 Å². The van der Waals surface area contributed by atoms with Gasteiger partial charge < -0.3 is 5.32 Å². The lowest BCUT2D eigenvalue weighted by Crippen LogP contribution is -2.05. The number of nitriles is 1. The second kappa shape index (κ2) is 6.02. The smallest absolute Gasteiger partial charge is 0.163 e. The first kappa shape index (κ1) is 11.5. The molecule has 0 spiro atoms. The summed E-state index contributed by atoms with van der Waals surface area (Å²) in [7, 11) is 0. The number of hydrogen-bond donors (Lipinski definition) is 1. The largest absolute Gasteiger partial charge is 0.383 e. The average Bonchev–Trinajstić information content (AvgIpc) is 2.24. The minimum atomic E-state index is 0.474. The normalized spacial score (nSPS) is 10.0. The van der Waals surface area contributed by atoms with Crippen molar-refractivity contribution in [3.8, 4) is 6.07 Å². The van der Waals surface area contributed by atoms with Gasteiger partial charge in [0.05, 0.1) is 5.69 Å². The molecule has 0 radical (unpaired) electrons. The third-order valence-corrected chi connectivity index (χ3v) is 2.19. The average molecular weight is 203 g/mol. The van der Waals surface area contributed by atoms with Crippen LogP contribution in [-0.2, 0) is 0 Å². The van der Waals surface area contributed by atoms with Crippen molar-refractivity contribution < 1.29 is 0 Å². The number of nitrogens with zero attached hydrogens (tertiary/aromatic N) is 2. The van der Waals surface area contributed by atoms with Gasteiger partial charge in [-0.05, 0) is 30.9 Å². The van der Waals surface area contributed by atoms with E-state index in [9.17, 15) is 0 Å². The van der Waals surface area contributed by atoms with Gasteiger partial charge in [0.1, 0.15) is 6.07 Å². The van der Waals surface area contributed by atoms with Gasteiger partial charge in [0, 0.05) is 12.7 Å². The Morgan fingerprint density at radius 2 is 2.33 bits per heavy atom. The maximum Gasteiger partial charge on any atom is 0.163 e. The molecule has 0 aliphatic heterocycles. The van der Waals surface area contributed by atoms with E-state index in [0.29, 0.717) is 5.69 Å². The summed E-state index contributed by atoms with van der Waals surface area (Å²) in [6, 6.07) is 5.80. The Balaban J connectivity index is 2.41. The van der Waals surface area contributed by atoms with E-state index in [1.54, 1.807) is 6.20 Å². The molecule has 3 nitrogen and oxygen atoms in total. The summed E-state index contributed by atoms with van der Waals surface area (Å²) in [4.78, 5) is 3.99. The van der Waals surface area contributed by atoms with Gasteiger partial charge in [0.15, 0.2) is 5.69 Å². The van der Waals surface area contributed by atoms with Crippen LogP contribution in [0.25, 0.3) is 0 Å². The third kappa shape index (κ3) is 3.99. The molecule has 0 atom stereocenters. The minimum absolute atomic E-state index is 0.474. The molecule has 0 aliphatic rings. The number of nitrogens with one attached hydrogen (secondary N) is 1. The van der Waals surface area contributed by atoms with Gasteiger partial charge in [0.25, 0.3) is 0 Å². The van der Waals surface area contributed by atoms with E-state index < -0.39 is 0 Å². The molecule has 1 heterocycles. The Labute approximate surface area is 91.1 Å². The number of aromatic nitrogens is 1. The van der Waals surface area contributed by atoms with Crippen molar-refractivity contribution in [2.45, 2.75) is 26.7 Å². The molecule has 0 aliphatic carbocycles. The highest BCUT2D eigenvalue weighted by Crippen LogP contribution is 2.11. The van der Waals surface area contributed by atoms with Crippen LogP contribution in [0.1, 0.15) is 32.4 Å². The molecule has 1 N–H and O–H groups in total. The highest BCUT2D eigenvalue weighted by molar-refractivity contribution is 5.53. The van der Waals surface area contributed by atoms with E-state index in [4.69, 9.17) is 5.26 Å². The van der Waals surface area contributed by atoms with Gasteiger partial charge >= 0.3 is 0 Å². The zero-order valence-corrected chi connectivity index (χ0v) is 9.33. The molecule has 1 aromatic rings. The molecule has 1 rings (SSSR count). The van der Waals surface area contributed by atoms with Gasteiger partial charge in [0.2, 0.25) is 0 Å². The van der Waals surface area contributed by atoms with E-state index in [-0.39, 0.29) is 0 Å². The highest BCUT2D eigenvalue weighted by Gasteiger charge is 2.00. The van der Waals surface area contributed by atoms with Crippen LogP contribution in [0.3, 0.4) is 0 Å². The van der Waals surface area contributed by atoms with Crippen molar-refractivity contribution in [3.63, 3.8) is 0 Å². The standard InChI is InChI=1S/C12H17N3/c1-10(2)5-3-7-14-11-6-4-8-15-12(11)9-13/h4,6,8,10,14H,3,5,7H2,1-2H3. The van der Waals surface area contributed by atoms with Crippen LogP contribution < -0.4 is 5.32 Å². The molecule has 0 bridgehead atoms. The molecular formula is C12H17N3. The molecule has 80 valence electrons. The van der Waals surface area contributed by atoms with Crippen LogP contribution in [0.4, 0.5) is 5.69 Å². The monoisotopic (exact) mass is 203 g/mol. The van der Waals surface area contributed by atoms with Crippen molar-refractivity contribution in [1.29, 1.82) is 5.26 Å². The summed E-state index contributed by atoms with van der Waals surface area (Å²) in [5, 5.41) is 12.0. The highest BCUT2D eigenvalue weighted by atomic mass is 14.9. The maximum absolute atomic E-state index is 8.81. The van der Waals surface area contributed by atoms with E-state index in [1.807, 2.05) is 12.1 Å². The SMILES string of the molecule is CC(C)CCCNc1cccnc1C#N. The Morgan fingerprint density at radius 1 is 1.53 bits per heavy atom. The molecule has 0 saturated carbocycles. The second-order valence-electron chi connectivity index (χ2n) is 3.97. The van der Waals surface area contributed by atoms with Crippen LogP contribution in [0.5, 0.6) is 0 Å². The molecule has 0 unspecified atom stereocenters. The first-order valence-corrected chi connectivity index (χ1v) is 5.33. The molecular weight excluding hydrogens is 186 g/mol. The molecule has 0 saturated heterocycles. The fraction of sp³-hybridized carbons (Fsp3) is 0.500. The molecule has 0 amide bonds. The Morgan fingerprint density at radius 3 is 3.00 bits per heavy atom. The summed E-state index contributed by atoms with van der Waals surface area (Å²) >= 11 is 0. The molecule has 3 heteroatoms. The van der Waals surface area contributed by atoms with Crippen LogP contribution in [-0.4, -0.2) is 11.5 Å². The summed E-state index contributed by atoms with van der Waals surface area (Å²) in [6.45, 7) is 5.33. The Hall–Kier alpha value is -1.56. The van der Waals surface area contributed by atoms with Gasteiger partial charge in [-0.15, -0.1) is 0 Å². The quantitative estimate of drug-likeness (QED) is 0.748. The topological polar surface area (TPSA) is 48.7 Å². The van der Waals surface area contributed by atoms with E-state index in [1.165, 1.54) is 6.42 Å². The number of pyridine rings is 1. The van der Waals surface area contributed by atoms with Crippen LogP contribution >= 0.6 is 0 Å². The van der Waals surface area contributed by atoms with E-state index >= 15 is 0 Å². The summed E-state index contributed by atoms with van der Waals surface area (Å²) in [5.74, 6) is 0.733. The predicted molar refractivity (Wildman–Crippen MR) is 61.5 cm³/mol. The van der Waals surface area contributed by atoms with Crippen molar-refractivity contribution in [2.24, 2.45) is 5.92 Å². The van der Waals surface area contributed by atoms with Gasteiger partial charge in [-0.3, -0.25) is 0 Å². The maximum atomic E-state index is 8.81. The lowest BCUT2D eigenvalue weighted by atomic mass is 10.1. The van der Waals surface area contributed by atoms with Crippen LogP contribution in [0, 0.1) is 17.2 Å². The second-order valence-corrected chi connectivity index (χ2v) is 3.97. The summed E-state index contributed by atoms with van der Waals surface area (Å²) in [6.07, 6.45) is 3.96. The minimum Gasteiger partial charge on any atom is -0.383 e. The number of rotatable bonds is 5. The number of hydrogen-bond acceptors (Lipinski definition) is 3. The zero-order valence-electron chi connectivity index (χ0n) is 9.33. The Kier molecular flexibility index (Phi) is 4.62. The first-order valence-electron chi connectivity index (χ1n) is 5.33. The first-order chi connectivity index (χ1) is 7.24. The van der Waals surface area contributed by atoms with Crippen molar-refractivity contribution in [1.82, 2.24) is 4.98 Å². The Bertz CT molecular complexity index is 339. The van der Waals surface area contributed by atoms with E-state index in [2.05, 4.69) is 30.2 Å². The van der Waals surface area contributed by atoms with Crippen LogP contribution in [0.2, 0.25) is 0 Å². The van der Waals surface area contributed by atoms with Crippen molar-refractivity contribution >= 4 is 5.69 Å². The predicted octanol–water partition coefficient (Wildman–Crippen LogP) is 2.80. The lowest BCUT2D eigenvalue weighted by Gasteiger charge is -2.08. The molecule has 0 aromatic carbocycles. The van der Waals surface area contributed by atoms with Crippen molar-refractivity contribution in [3.05, 3.63) is 24.0 Å².